The fourth-order valence-electron chi connectivity index (χ4n) is 4.24. The Morgan fingerprint density at radius 3 is 2.28 bits per heavy atom. The summed E-state index contributed by atoms with van der Waals surface area (Å²) in [7, 11) is 1.82. The molecule has 0 spiro atoms. The molecule has 5 rings (SSSR count). The first-order valence-corrected chi connectivity index (χ1v) is 10.7. The highest BCUT2D eigenvalue weighted by Gasteiger charge is 2.23. The van der Waals surface area contributed by atoms with E-state index in [0.29, 0.717) is 27.4 Å². The first-order chi connectivity index (χ1) is 15.5. The van der Waals surface area contributed by atoms with Gasteiger partial charge in [-0.25, -0.2) is 4.98 Å². The Hall–Kier alpha value is -3.70. The average molecular weight is 442 g/mol. The summed E-state index contributed by atoms with van der Waals surface area (Å²) >= 11 is 6.53. The molecule has 1 atom stereocenters. The topological polar surface area (TPSA) is 56.9 Å². The Balaban J connectivity index is 1.98. The zero-order valence-electron chi connectivity index (χ0n) is 17.6. The maximum atomic E-state index is 13.9. The number of halogens is 1. The number of benzene rings is 3. The van der Waals surface area contributed by atoms with Crippen molar-refractivity contribution in [3.8, 4) is 11.4 Å². The monoisotopic (exact) mass is 441 g/mol. The summed E-state index contributed by atoms with van der Waals surface area (Å²) in [6, 6.07) is 23.9. The molecule has 32 heavy (non-hydrogen) atoms. The second-order valence-corrected chi connectivity index (χ2v) is 8.19. The molecule has 2 heterocycles. The lowest BCUT2D eigenvalue weighted by atomic mass is 10.1. The zero-order valence-corrected chi connectivity index (χ0v) is 18.4. The predicted octanol–water partition coefficient (Wildman–Crippen LogP) is 5.18. The van der Waals surface area contributed by atoms with Gasteiger partial charge in [0.2, 0.25) is 5.43 Å². The Labute approximate surface area is 189 Å². The van der Waals surface area contributed by atoms with E-state index in [1.807, 2.05) is 74.6 Å². The maximum absolute atomic E-state index is 13.9. The molecule has 0 saturated heterocycles. The average Bonchev–Trinajstić information content (AvgIpc) is 2.82. The van der Waals surface area contributed by atoms with Crippen LogP contribution in [0, 0.1) is 0 Å². The van der Waals surface area contributed by atoms with Gasteiger partial charge in [0.25, 0.3) is 5.56 Å². The van der Waals surface area contributed by atoms with Crippen LogP contribution in [0.1, 0.15) is 18.5 Å². The van der Waals surface area contributed by atoms with Gasteiger partial charge in [-0.05, 0) is 36.8 Å². The molecule has 0 bridgehead atoms. The molecule has 0 saturated carbocycles. The van der Waals surface area contributed by atoms with Crippen LogP contribution in [0.15, 0.2) is 88.5 Å². The van der Waals surface area contributed by atoms with E-state index < -0.39 is 0 Å². The quantitative estimate of drug-likeness (QED) is 0.362. The van der Waals surface area contributed by atoms with Crippen LogP contribution < -0.4 is 11.0 Å². The summed E-state index contributed by atoms with van der Waals surface area (Å²) in [4.78, 5) is 32.2. The van der Waals surface area contributed by atoms with Gasteiger partial charge < -0.3 is 4.57 Å². The third-order valence-corrected chi connectivity index (χ3v) is 6.26. The zero-order chi connectivity index (χ0) is 22.4. The Morgan fingerprint density at radius 2 is 1.53 bits per heavy atom. The molecule has 0 aliphatic rings. The summed E-state index contributed by atoms with van der Waals surface area (Å²) in [5, 5.41) is 1.05. The minimum atomic E-state index is -0.382. The van der Waals surface area contributed by atoms with Gasteiger partial charge >= 0.3 is 0 Å². The van der Waals surface area contributed by atoms with Crippen LogP contribution in [0.25, 0.3) is 33.3 Å². The molecule has 0 aliphatic carbocycles. The fraction of sp³-hybridized carbons (Fsp3) is 0.115. The van der Waals surface area contributed by atoms with Gasteiger partial charge in [0.15, 0.2) is 5.65 Å². The van der Waals surface area contributed by atoms with E-state index in [2.05, 4.69) is 0 Å². The van der Waals surface area contributed by atoms with E-state index in [1.165, 1.54) is 0 Å². The molecule has 3 aromatic carbocycles. The van der Waals surface area contributed by atoms with E-state index in [4.69, 9.17) is 16.6 Å². The van der Waals surface area contributed by atoms with Gasteiger partial charge in [-0.1, -0.05) is 66.2 Å². The minimum Gasteiger partial charge on any atom is -0.328 e. The molecule has 0 aliphatic heterocycles. The van der Waals surface area contributed by atoms with Crippen molar-refractivity contribution in [3.05, 3.63) is 110 Å². The summed E-state index contributed by atoms with van der Waals surface area (Å²) in [5.74, 6) is 0.426. The molecule has 0 radical (unpaired) electrons. The lowest BCUT2D eigenvalue weighted by Crippen LogP contribution is -2.31. The van der Waals surface area contributed by atoms with Crippen molar-refractivity contribution in [1.29, 1.82) is 0 Å². The lowest BCUT2D eigenvalue weighted by Gasteiger charge is -2.22. The molecule has 6 heteroatoms. The molecule has 2 aromatic heterocycles. The number of pyridine rings is 1. The van der Waals surface area contributed by atoms with Gasteiger partial charge in [0.1, 0.15) is 11.2 Å². The van der Waals surface area contributed by atoms with E-state index in [9.17, 15) is 9.59 Å². The van der Waals surface area contributed by atoms with E-state index in [0.717, 1.165) is 11.1 Å². The maximum Gasteiger partial charge on any atom is 0.267 e. The smallest absolute Gasteiger partial charge is 0.267 e. The standard InChI is InChI=1S/C26H20ClN3O2/c1-16(17-10-4-3-5-11-17)30-24(18-12-6-8-14-20(18)27)28-25-22(26(30)32)23(31)19-13-7-9-15-21(19)29(25)2/h3-16H,1-2H3/t16-/m1/s1. The molecular formula is C26H20ClN3O2. The number of rotatable bonds is 3. The largest absolute Gasteiger partial charge is 0.328 e. The van der Waals surface area contributed by atoms with Gasteiger partial charge in [-0.2, -0.15) is 0 Å². The van der Waals surface area contributed by atoms with Crippen molar-refractivity contribution >= 4 is 33.5 Å². The molecule has 0 unspecified atom stereocenters. The number of para-hydroxylation sites is 1. The van der Waals surface area contributed by atoms with Crippen molar-refractivity contribution < 1.29 is 0 Å². The third-order valence-electron chi connectivity index (χ3n) is 5.94. The van der Waals surface area contributed by atoms with E-state index in [1.54, 1.807) is 27.3 Å². The molecule has 158 valence electrons. The van der Waals surface area contributed by atoms with Crippen molar-refractivity contribution in [2.75, 3.05) is 0 Å². The van der Waals surface area contributed by atoms with Gasteiger partial charge in [-0.3, -0.25) is 14.2 Å². The molecule has 0 amide bonds. The highest BCUT2D eigenvalue weighted by atomic mass is 35.5. The summed E-state index contributed by atoms with van der Waals surface area (Å²) < 4.78 is 3.38. The van der Waals surface area contributed by atoms with Crippen LogP contribution in [0.2, 0.25) is 5.02 Å². The van der Waals surface area contributed by atoms with Crippen LogP contribution in [0.5, 0.6) is 0 Å². The minimum absolute atomic E-state index is 0.0739. The molecule has 5 nitrogen and oxygen atoms in total. The number of hydrogen-bond acceptors (Lipinski definition) is 3. The molecular weight excluding hydrogens is 422 g/mol. The molecule has 0 N–H and O–H groups in total. The SMILES string of the molecule is C[C@H](c1ccccc1)n1c(-c2ccccc2Cl)nc2c(c(=O)c3ccccc3n2C)c1=O. The highest BCUT2D eigenvalue weighted by Crippen LogP contribution is 2.30. The number of aromatic nitrogens is 3. The van der Waals surface area contributed by atoms with Crippen LogP contribution in [-0.4, -0.2) is 14.1 Å². The third kappa shape index (κ3) is 3.05. The number of fused-ring (bicyclic) bond motifs is 2. The van der Waals surface area contributed by atoms with Crippen molar-refractivity contribution in [2.45, 2.75) is 13.0 Å². The van der Waals surface area contributed by atoms with E-state index >= 15 is 0 Å². The molecule has 5 aromatic rings. The first-order valence-electron chi connectivity index (χ1n) is 10.3. The fourth-order valence-corrected chi connectivity index (χ4v) is 4.46. The summed E-state index contributed by atoms with van der Waals surface area (Å²) in [6.07, 6.45) is 0. The Kier molecular flexibility index (Phi) is 4.91. The predicted molar refractivity (Wildman–Crippen MR) is 129 cm³/mol. The Bertz CT molecular complexity index is 1600. The van der Waals surface area contributed by atoms with Gasteiger partial charge in [-0.15, -0.1) is 0 Å². The highest BCUT2D eigenvalue weighted by molar-refractivity contribution is 6.33. The number of nitrogens with zero attached hydrogens (tertiary/aromatic N) is 3. The second kappa shape index (κ2) is 7.77. The van der Waals surface area contributed by atoms with Gasteiger partial charge in [0, 0.05) is 18.0 Å². The van der Waals surface area contributed by atoms with E-state index in [-0.39, 0.29) is 22.4 Å². The lowest BCUT2D eigenvalue weighted by molar-refractivity contribution is 0.615. The van der Waals surface area contributed by atoms with Crippen molar-refractivity contribution in [3.63, 3.8) is 0 Å². The summed E-state index contributed by atoms with van der Waals surface area (Å²) in [6.45, 7) is 1.93. The molecule has 0 fully saturated rings. The van der Waals surface area contributed by atoms with Crippen LogP contribution in [0.4, 0.5) is 0 Å². The van der Waals surface area contributed by atoms with Crippen LogP contribution in [-0.2, 0) is 7.05 Å². The second-order valence-electron chi connectivity index (χ2n) is 7.78. The van der Waals surface area contributed by atoms with Gasteiger partial charge in [0.05, 0.1) is 16.6 Å². The van der Waals surface area contributed by atoms with Crippen LogP contribution in [0.3, 0.4) is 0 Å². The van der Waals surface area contributed by atoms with Crippen LogP contribution >= 0.6 is 11.6 Å². The number of hydrogen-bond donors (Lipinski definition) is 0. The van der Waals surface area contributed by atoms with Crippen molar-refractivity contribution in [2.24, 2.45) is 7.05 Å². The number of aryl methyl sites for hydroxylation is 1. The Morgan fingerprint density at radius 1 is 0.875 bits per heavy atom. The van der Waals surface area contributed by atoms with Crippen molar-refractivity contribution in [1.82, 2.24) is 14.1 Å². The summed E-state index contributed by atoms with van der Waals surface area (Å²) in [5.41, 5.74) is 1.93. The first kappa shape index (κ1) is 20.2. The normalized spacial score (nSPS) is 12.3.